The Bertz CT molecular complexity index is 1220. The fraction of sp³-hybridized carbons (Fsp3) is 0.486. The van der Waals surface area contributed by atoms with Crippen molar-refractivity contribution in [1.29, 1.82) is 0 Å². The fourth-order valence-corrected chi connectivity index (χ4v) is 6.06. The molecule has 1 aliphatic heterocycles. The number of piperazine rings is 1. The van der Waals surface area contributed by atoms with Gasteiger partial charge < -0.3 is 19.1 Å². The van der Waals surface area contributed by atoms with E-state index in [1.807, 2.05) is 0 Å². The quantitative estimate of drug-likeness (QED) is 0.136. The molecule has 2 heterocycles. The summed E-state index contributed by atoms with van der Waals surface area (Å²) < 4.78 is 8.42. The molecule has 5 rings (SSSR count). The van der Waals surface area contributed by atoms with Gasteiger partial charge in [-0.05, 0) is 75.0 Å². The van der Waals surface area contributed by atoms with E-state index in [-0.39, 0.29) is 12.4 Å². The van der Waals surface area contributed by atoms with Gasteiger partial charge in [-0.25, -0.2) is 0 Å². The van der Waals surface area contributed by atoms with E-state index in [0.717, 1.165) is 31.7 Å². The van der Waals surface area contributed by atoms with E-state index in [1.165, 1.54) is 105 Å². The minimum atomic E-state index is 0. The van der Waals surface area contributed by atoms with E-state index in [1.54, 1.807) is 0 Å². The first-order valence-electron chi connectivity index (χ1n) is 15.4. The van der Waals surface area contributed by atoms with Crippen LogP contribution in [0.1, 0.15) is 57.4 Å². The van der Waals surface area contributed by atoms with Crippen LogP contribution in [-0.2, 0) is 13.0 Å². The van der Waals surface area contributed by atoms with Gasteiger partial charge in [0, 0.05) is 54.5 Å². The van der Waals surface area contributed by atoms with Crippen molar-refractivity contribution in [2.75, 3.05) is 45.9 Å². The maximum Gasteiger partial charge on any atom is 0.119 e. The summed E-state index contributed by atoms with van der Waals surface area (Å²) in [6.45, 7) is 11.4. The minimum absolute atomic E-state index is 0. The van der Waals surface area contributed by atoms with Crippen LogP contribution in [-0.4, -0.2) is 60.2 Å². The van der Waals surface area contributed by atoms with Crippen LogP contribution in [0, 0.1) is 0 Å². The zero-order chi connectivity index (χ0) is 26.7. The van der Waals surface area contributed by atoms with Crippen molar-refractivity contribution in [3.63, 3.8) is 0 Å². The van der Waals surface area contributed by atoms with Gasteiger partial charge in [0.25, 0.3) is 0 Å². The Kier molecular flexibility index (Phi) is 12.2. The molecule has 3 aromatic carbocycles. The van der Waals surface area contributed by atoms with Crippen molar-refractivity contribution in [3.8, 4) is 5.75 Å². The van der Waals surface area contributed by atoms with Crippen LogP contribution in [0.5, 0.6) is 5.75 Å². The van der Waals surface area contributed by atoms with Gasteiger partial charge in [-0.2, -0.15) is 0 Å². The van der Waals surface area contributed by atoms with E-state index in [9.17, 15) is 0 Å². The number of hydrogen-bond donors (Lipinski definition) is 0. The number of aromatic nitrogens is 1. The smallest absolute Gasteiger partial charge is 0.119 e. The van der Waals surface area contributed by atoms with Crippen molar-refractivity contribution in [2.24, 2.45) is 0 Å². The summed E-state index contributed by atoms with van der Waals surface area (Å²) in [4.78, 5) is 5.33. The van der Waals surface area contributed by atoms with E-state index in [0.29, 0.717) is 0 Å². The molecular weight excluding hydrogens is 514 g/mol. The zero-order valence-electron chi connectivity index (χ0n) is 24.4. The predicted molar refractivity (Wildman–Crippen MR) is 173 cm³/mol. The summed E-state index contributed by atoms with van der Waals surface area (Å²) >= 11 is 0. The van der Waals surface area contributed by atoms with Gasteiger partial charge in [-0.15, -0.1) is 12.4 Å². The first-order valence-corrected chi connectivity index (χ1v) is 15.4. The van der Waals surface area contributed by atoms with Gasteiger partial charge in [-0.3, -0.25) is 0 Å². The Morgan fingerprint density at radius 1 is 0.600 bits per heavy atom. The summed E-state index contributed by atoms with van der Waals surface area (Å²) in [7, 11) is 0. The lowest BCUT2D eigenvalue weighted by Crippen LogP contribution is -2.46. The molecule has 5 heteroatoms. The first-order chi connectivity index (χ1) is 19.3. The third-order valence-corrected chi connectivity index (χ3v) is 8.38. The summed E-state index contributed by atoms with van der Waals surface area (Å²) in [5, 5.41) is 2.76. The topological polar surface area (TPSA) is 20.6 Å². The second kappa shape index (κ2) is 16.0. The maximum absolute atomic E-state index is 5.89. The van der Waals surface area contributed by atoms with Gasteiger partial charge in [0.15, 0.2) is 0 Å². The molecule has 0 amide bonds. The van der Waals surface area contributed by atoms with Crippen LogP contribution >= 0.6 is 12.4 Å². The minimum Gasteiger partial charge on any atom is -0.494 e. The summed E-state index contributed by atoms with van der Waals surface area (Å²) in [6.07, 6.45) is 9.89. The Morgan fingerprint density at radius 3 is 1.80 bits per heavy atom. The third-order valence-electron chi connectivity index (χ3n) is 8.38. The van der Waals surface area contributed by atoms with Crippen molar-refractivity contribution >= 4 is 34.2 Å². The third kappa shape index (κ3) is 8.25. The number of ether oxygens (including phenoxy) is 1. The Labute approximate surface area is 247 Å². The van der Waals surface area contributed by atoms with Crippen LogP contribution in [0.3, 0.4) is 0 Å². The van der Waals surface area contributed by atoms with Crippen molar-refractivity contribution < 1.29 is 4.74 Å². The molecule has 0 unspecified atom stereocenters. The molecule has 0 N–H and O–H groups in total. The second-order valence-electron chi connectivity index (χ2n) is 11.2. The average molecular weight is 562 g/mol. The molecule has 0 bridgehead atoms. The molecule has 0 radical (unpaired) electrons. The normalized spacial score (nSPS) is 14.5. The second-order valence-corrected chi connectivity index (χ2v) is 11.2. The van der Waals surface area contributed by atoms with Gasteiger partial charge >= 0.3 is 0 Å². The number of unbranched alkanes of at least 4 members (excludes halogenated alkanes) is 4. The van der Waals surface area contributed by atoms with Crippen molar-refractivity contribution in [3.05, 3.63) is 78.4 Å². The van der Waals surface area contributed by atoms with Gasteiger partial charge in [0.1, 0.15) is 5.75 Å². The molecule has 1 aromatic heterocycles. The van der Waals surface area contributed by atoms with E-state index < -0.39 is 0 Å². The fourth-order valence-electron chi connectivity index (χ4n) is 6.06. The first kappa shape index (κ1) is 30.4. The van der Waals surface area contributed by atoms with E-state index >= 15 is 0 Å². The average Bonchev–Trinajstić information content (AvgIpc) is 3.30. The molecule has 1 fully saturated rings. The molecule has 0 saturated carbocycles. The molecule has 1 aliphatic rings. The van der Waals surface area contributed by atoms with Crippen LogP contribution in [0.15, 0.2) is 72.8 Å². The molecular formula is C35H48ClN3O. The SMILES string of the molecule is CCCCCCOc1ccc(CCCN2CCN(CCCCn3c4ccccc4c4ccccc43)CC2)cc1.Cl. The van der Waals surface area contributed by atoms with Crippen molar-refractivity contribution in [1.82, 2.24) is 14.4 Å². The molecule has 1 saturated heterocycles. The lowest BCUT2D eigenvalue weighted by molar-refractivity contribution is 0.129. The lowest BCUT2D eigenvalue weighted by Gasteiger charge is -2.34. The molecule has 0 spiro atoms. The molecule has 4 nitrogen and oxygen atoms in total. The highest BCUT2D eigenvalue weighted by molar-refractivity contribution is 6.07. The van der Waals surface area contributed by atoms with Gasteiger partial charge in [0.05, 0.1) is 6.61 Å². The summed E-state index contributed by atoms with van der Waals surface area (Å²) in [5.41, 5.74) is 4.17. The number of hydrogen-bond acceptors (Lipinski definition) is 3. The van der Waals surface area contributed by atoms with Gasteiger partial charge in [0.2, 0.25) is 0 Å². The van der Waals surface area contributed by atoms with Crippen LogP contribution < -0.4 is 4.74 Å². The Balaban J connectivity index is 0.00000370. The number of fused-ring (bicyclic) bond motifs is 3. The summed E-state index contributed by atoms with van der Waals surface area (Å²) in [5.74, 6) is 1.02. The number of para-hydroxylation sites is 2. The molecule has 0 aliphatic carbocycles. The number of rotatable bonds is 15. The molecule has 4 aromatic rings. The standard InChI is InChI=1S/C35H47N3O.ClH/c1-2-3-4-11-29-39-31-20-18-30(19-21-31)13-12-23-37-27-25-36(26-28-37)22-9-10-24-38-34-16-7-5-14-32(34)33-15-6-8-17-35(33)38;/h5-8,14-21H,2-4,9-13,22-29H2,1H3;1H. The Morgan fingerprint density at radius 2 is 1.18 bits per heavy atom. The largest absolute Gasteiger partial charge is 0.494 e. The van der Waals surface area contributed by atoms with E-state index in [2.05, 4.69) is 94.1 Å². The van der Waals surface area contributed by atoms with Crippen LogP contribution in [0.2, 0.25) is 0 Å². The predicted octanol–water partition coefficient (Wildman–Crippen LogP) is 8.21. The number of halogens is 1. The highest BCUT2D eigenvalue weighted by Crippen LogP contribution is 2.29. The highest BCUT2D eigenvalue weighted by Gasteiger charge is 2.16. The van der Waals surface area contributed by atoms with Crippen LogP contribution in [0.25, 0.3) is 21.8 Å². The number of benzene rings is 3. The maximum atomic E-state index is 5.89. The summed E-state index contributed by atoms with van der Waals surface area (Å²) in [6, 6.07) is 26.5. The highest BCUT2D eigenvalue weighted by atomic mass is 35.5. The monoisotopic (exact) mass is 561 g/mol. The molecule has 216 valence electrons. The van der Waals surface area contributed by atoms with Crippen LogP contribution in [0.4, 0.5) is 0 Å². The Hall–Kier alpha value is -2.53. The lowest BCUT2D eigenvalue weighted by atomic mass is 10.1. The number of aryl methyl sites for hydroxylation is 2. The van der Waals surface area contributed by atoms with Crippen molar-refractivity contribution in [2.45, 2.75) is 64.8 Å². The number of nitrogens with zero attached hydrogens (tertiary/aromatic N) is 3. The molecule has 0 atom stereocenters. The zero-order valence-corrected chi connectivity index (χ0v) is 25.2. The molecule has 40 heavy (non-hydrogen) atoms. The van der Waals surface area contributed by atoms with Gasteiger partial charge in [-0.1, -0.05) is 74.7 Å². The van der Waals surface area contributed by atoms with E-state index in [4.69, 9.17) is 4.74 Å².